The Hall–Kier alpha value is -2.60. The van der Waals surface area contributed by atoms with Gasteiger partial charge in [-0.05, 0) is 54.8 Å². The van der Waals surface area contributed by atoms with Gasteiger partial charge in [0.1, 0.15) is 11.6 Å². The quantitative estimate of drug-likeness (QED) is 0.630. The van der Waals surface area contributed by atoms with Gasteiger partial charge in [0, 0.05) is 12.5 Å². The number of nitrogens with zero attached hydrogens (tertiary/aromatic N) is 3. The van der Waals surface area contributed by atoms with Crippen LogP contribution in [0.25, 0.3) is 0 Å². The molecule has 1 atom stereocenters. The molecule has 1 unspecified atom stereocenters. The molecular formula is C25H29F2N3O. The van der Waals surface area contributed by atoms with E-state index in [9.17, 15) is 13.6 Å². The SMILES string of the molecule is CCN(CC(=O)N1N=C(c2ccc(F)cc2)CC1c1ccc(F)cc1)C1CCCCC1. The van der Waals surface area contributed by atoms with E-state index >= 15 is 0 Å². The fourth-order valence-corrected chi connectivity index (χ4v) is 4.69. The second-order valence-electron chi connectivity index (χ2n) is 8.42. The Balaban J connectivity index is 1.58. The van der Waals surface area contributed by atoms with Crippen LogP contribution in [-0.2, 0) is 4.79 Å². The van der Waals surface area contributed by atoms with Gasteiger partial charge in [0.2, 0.25) is 0 Å². The minimum absolute atomic E-state index is 0.0566. The largest absolute Gasteiger partial charge is 0.292 e. The molecule has 0 radical (unpaired) electrons. The molecule has 0 aromatic heterocycles. The maximum atomic E-state index is 13.5. The van der Waals surface area contributed by atoms with E-state index in [1.165, 1.54) is 43.5 Å². The first kappa shape index (κ1) is 21.6. The summed E-state index contributed by atoms with van der Waals surface area (Å²) in [5, 5.41) is 6.21. The number of benzene rings is 2. The summed E-state index contributed by atoms with van der Waals surface area (Å²) in [6, 6.07) is 12.6. The Morgan fingerprint density at radius 2 is 1.61 bits per heavy atom. The maximum Gasteiger partial charge on any atom is 0.257 e. The van der Waals surface area contributed by atoms with Gasteiger partial charge in [-0.25, -0.2) is 13.8 Å². The number of carbonyl (C=O) groups is 1. The van der Waals surface area contributed by atoms with Crippen LogP contribution in [0, 0.1) is 11.6 Å². The van der Waals surface area contributed by atoms with Crippen molar-refractivity contribution in [2.45, 2.75) is 57.5 Å². The topological polar surface area (TPSA) is 35.9 Å². The smallest absolute Gasteiger partial charge is 0.257 e. The van der Waals surface area contributed by atoms with Gasteiger partial charge in [0.25, 0.3) is 5.91 Å². The fraction of sp³-hybridized carbons (Fsp3) is 0.440. The molecule has 4 nitrogen and oxygen atoms in total. The van der Waals surface area contributed by atoms with E-state index in [-0.39, 0.29) is 23.6 Å². The highest BCUT2D eigenvalue weighted by molar-refractivity contribution is 6.03. The predicted molar refractivity (Wildman–Crippen MR) is 118 cm³/mol. The molecule has 0 N–H and O–H groups in total. The number of hydrogen-bond acceptors (Lipinski definition) is 3. The summed E-state index contributed by atoms with van der Waals surface area (Å²) in [5.41, 5.74) is 2.38. The van der Waals surface area contributed by atoms with Crippen molar-refractivity contribution < 1.29 is 13.6 Å². The average Bonchev–Trinajstić information content (AvgIpc) is 3.24. The molecule has 164 valence electrons. The van der Waals surface area contributed by atoms with Crippen molar-refractivity contribution in [3.05, 3.63) is 71.3 Å². The third kappa shape index (κ3) is 5.01. The Kier molecular flexibility index (Phi) is 6.76. The molecule has 1 aliphatic carbocycles. The summed E-state index contributed by atoms with van der Waals surface area (Å²) in [6.07, 6.45) is 6.47. The van der Waals surface area contributed by atoms with Gasteiger partial charge in [0.15, 0.2) is 0 Å². The first-order valence-corrected chi connectivity index (χ1v) is 11.2. The molecule has 0 saturated heterocycles. The highest BCUT2D eigenvalue weighted by Crippen LogP contribution is 2.33. The lowest BCUT2D eigenvalue weighted by molar-refractivity contribution is -0.135. The van der Waals surface area contributed by atoms with Gasteiger partial charge in [-0.15, -0.1) is 0 Å². The van der Waals surface area contributed by atoms with Crippen molar-refractivity contribution in [3.8, 4) is 0 Å². The molecule has 0 spiro atoms. The van der Waals surface area contributed by atoms with Gasteiger partial charge >= 0.3 is 0 Å². The summed E-state index contributed by atoms with van der Waals surface area (Å²) < 4.78 is 26.9. The normalized spacial score (nSPS) is 19.7. The van der Waals surface area contributed by atoms with Crippen LogP contribution >= 0.6 is 0 Å². The van der Waals surface area contributed by atoms with Crippen LogP contribution in [0.5, 0.6) is 0 Å². The van der Waals surface area contributed by atoms with Crippen LogP contribution in [0.15, 0.2) is 53.6 Å². The predicted octanol–water partition coefficient (Wildman–Crippen LogP) is 5.30. The van der Waals surface area contributed by atoms with Gasteiger partial charge < -0.3 is 0 Å². The number of hydrazone groups is 1. The van der Waals surface area contributed by atoms with Crippen LogP contribution < -0.4 is 0 Å². The molecule has 2 aromatic carbocycles. The second kappa shape index (κ2) is 9.69. The lowest BCUT2D eigenvalue weighted by atomic mass is 9.94. The van der Waals surface area contributed by atoms with Crippen molar-refractivity contribution >= 4 is 11.6 Å². The molecule has 4 rings (SSSR count). The van der Waals surface area contributed by atoms with Crippen molar-refractivity contribution in [3.63, 3.8) is 0 Å². The molecule has 6 heteroatoms. The third-order valence-corrected chi connectivity index (χ3v) is 6.43. The number of amides is 1. The molecule has 1 heterocycles. The molecule has 2 aliphatic rings. The second-order valence-corrected chi connectivity index (χ2v) is 8.42. The minimum atomic E-state index is -0.311. The van der Waals surface area contributed by atoms with Crippen molar-refractivity contribution in [2.75, 3.05) is 13.1 Å². The van der Waals surface area contributed by atoms with Gasteiger partial charge in [0.05, 0.1) is 18.3 Å². The average molecular weight is 426 g/mol. The molecule has 2 aromatic rings. The van der Waals surface area contributed by atoms with Crippen molar-refractivity contribution in [1.29, 1.82) is 0 Å². The number of halogens is 2. The highest BCUT2D eigenvalue weighted by atomic mass is 19.1. The molecular weight excluding hydrogens is 396 g/mol. The van der Waals surface area contributed by atoms with Crippen LogP contribution in [-0.4, -0.2) is 40.7 Å². The molecule has 1 fully saturated rings. The summed E-state index contributed by atoms with van der Waals surface area (Å²) in [4.78, 5) is 15.6. The van der Waals surface area contributed by atoms with Gasteiger partial charge in [-0.1, -0.05) is 50.5 Å². The zero-order valence-electron chi connectivity index (χ0n) is 17.9. The number of likely N-dealkylation sites (N-methyl/N-ethyl adjacent to an activating group) is 1. The Morgan fingerprint density at radius 3 is 2.23 bits per heavy atom. The monoisotopic (exact) mass is 425 g/mol. The zero-order valence-corrected chi connectivity index (χ0v) is 17.9. The summed E-state index contributed by atoms with van der Waals surface area (Å²) in [5.74, 6) is -0.677. The highest BCUT2D eigenvalue weighted by Gasteiger charge is 2.34. The fourth-order valence-electron chi connectivity index (χ4n) is 4.69. The lowest BCUT2D eigenvalue weighted by Crippen LogP contribution is -2.44. The van der Waals surface area contributed by atoms with Crippen molar-refractivity contribution in [2.24, 2.45) is 5.10 Å². The summed E-state index contributed by atoms with van der Waals surface area (Å²) in [6.45, 7) is 3.23. The minimum Gasteiger partial charge on any atom is -0.292 e. The van der Waals surface area contributed by atoms with E-state index in [1.807, 2.05) is 0 Å². The third-order valence-electron chi connectivity index (χ3n) is 6.43. The van der Waals surface area contributed by atoms with E-state index in [2.05, 4.69) is 16.9 Å². The molecule has 1 amide bonds. The van der Waals surface area contributed by atoms with E-state index in [0.717, 1.165) is 36.2 Å². The van der Waals surface area contributed by atoms with E-state index < -0.39 is 0 Å². The number of hydrogen-bond donors (Lipinski definition) is 0. The first-order valence-electron chi connectivity index (χ1n) is 11.2. The molecule has 0 bridgehead atoms. The van der Waals surface area contributed by atoms with Crippen molar-refractivity contribution in [1.82, 2.24) is 9.91 Å². The molecule has 31 heavy (non-hydrogen) atoms. The van der Waals surface area contributed by atoms with E-state index in [1.54, 1.807) is 29.3 Å². The Morgan fingerprint density at radius 1 is 1.00 bits per heavy atom. The van der Waals surface area contributed by atoms with Gasteiger partial charge in [-0.2, -0.15) is 5.10 Å². The molecule has 1 saturated carbocycles. The first-order chi connectivity index (χ1) is 15.0. The summed E-state index contributed by atoms with van der Waals surface area (Å²) in [7, 11) is 0. The lowest BCUT2D eigenvalue weighted by Gasteiger charge is -2.34. The summed E-state index contributed by atoms with van der Waals surface area (Å²) >= 11 is 0. The standard InChI is InChI=1S/C25H29F2N3O/c1-2-29(22-6-4-3-5-7-22)17-25(31)30-24(19-10-14-21(27)15-11-19)16-23(28-30)18-8-12-20(26)13-9-18/h8-15,22,24H,2-7,16-17H2,1H3. The van der Waals surface area contributed by atoms with Crippen LogP contribution in [0.1, 0.15) is 62.6 Å². The van der Waals surface area contributed by atoms with Gasteiger partial charge in [-0.3, -0.25) is 9.69 Å². The maximum absolute atomic E-state index is 13.5. The Bertz CT molecular complexity index is 921. The van der Waals surface area contributed by atoms with Crippen LogP contribution in [0.3, 0.4) is 0 Å². The van der Waals surface area contributed by atoms with Crippen LogP contribution in [0.4, 0.5) is 8.78 Å². The van der Waals surface area contributed by atoms with Crippen LogP contribution in [0.2, 0.25) is 0 Å². The van der Waals surface area contributed by atoms with E-state index in [4.69, 9.17) is 0 Å². The number of carbonyl (C=O) groups excluding carboxylic acids is 1. The Labute approximate surface area is 182 Å². The number of rotatable bonds is 6. The van der Waals surface area contributed by atoms with E-state index in [0.29, 0.717) is 19.0 Å². The zero-order chi connectivity index (χ0) is 21.8. The molecule has 1 aliphatic heterocycles.